The Morgan fingerprint density at radius 2 is 1.69 bits per heavy atom. The van der Waals surface area contributed by atoms with Gasteiger partial charge < -0.3 is 4.42 Å². The van der Waals surface area contributed by atoms with Gasteiger partial charge in [0.15, 0.2) is 0 Å². The zero-order valence-electron chi connectivity index (χ0n) is 10.8. The van der Waals surface area contributed by atoms with Crippen LogP contribution in [0.4, 0.5) is 0 Å². The lowest BCUT2D eigenvalue weighted by molar-refractivity contribution is 0.568. The van der Waals surface area contributed by atoms with Crippen molar-refractivity contribution in [1.29, 1.82) is 0 Å². The highest BCUT2D eigenvalue weighted by atomic mass is 16.3. The Balaban J connectivity index is 0.000000509. The van der Waals surface area contributed by atoms with Crippen LogP contribution in [0.1, 0.15) is 33.4 Å². The van der Waals surface area contributed by atoms with Crippen molar-refractivity contribution in [3.8, 4) is 11.3 Å². The Morgan fingerprint density at radius 3 is 2.19 bits per heavy atom. The number of rotatable bonds is 1. The molecule has 0 aromatic carbocycles. The van der Waals surface area contributed by atoms with Crippen molar-refractivity contribution in [2.75, 3.05) is 0 Å². The summed E-state index contributed by atoms with van der Waals surface area (Å²) in [5, 5.41) is 0. The molecule has 0 amide bonds. The van der Waals surface area contributed by atoms with Crippen molar-refractivity contribution >= 4 is 0 Å². The van der Waals surface area contributed by atoms with Gasteiger partial charge in [-0.15, -0.1) is 0 Å². The van der Waals surface area contributed by atoms with Gasteiger partial charge in [0.1, 0.15) is 0 Å². The number of furan rings is 1. The Labute approximate surface area is 98.3 Å². The Morgan fingerprint density at radius 1 is 1.00 bits per heavy atom. The maximum absolute atomic E-state index is 4.97. The molecule has 16 heavy (non-hydrogen) atoms. The van der Waals surface area contributed by atoms with Crippen LogP contribution in [0.25, 0.3) is 11.3 Å². The third kappa shape index (κ3) is 4.30. The predicted molar refractivity (Wildman–Crippen MR) is 69.4 cm³/mol. The Hall–Kier alpha value is -1.57. The van der Waals surface area contributed by atoms with Gasteiger partial charge in [-0.25, -0.2) is 0 Å². The SMILES string of the molecule is CC.CC.Cc1cccc(-c2ccoc2)n1. The second kappa shape index (κ2) is 8.72. The minimum absolute atomic E-state index is 0.962. The molecule has 88 valence electrons. The fourth-order valence-corrected chi connectivity index (χ4v) is 1.11. The van der Waals surface area contributed by atoms with Crippen molar-refractivity contribution < 1.29 is 4.42 Å². The van der Waals surface area contributed by atoms with E-state index in [0.29, 0.717) is 0 Å². The molecule has 0 bridgehead atoms. The first-order chi connectivity index (χ1) is 7.86. The lowest BCUT2D eigenvalue weighted by Crippen LogP contribution is -1.83. The van der Waals surface area contributed by atoms with E-state index in [1.807, 2.05) is 58.9 Å². The average molecular weight is 219 g/mol. The number of aromatic nitrogens is 1. The van der Waals surface area contributed by atoms with Gasteiger partial charge in [-0.3, -0.25) is 4.98 Å². The summed E-state index contributed by atoms with van der Waals surface area (Å²) in [5.41, 5.74) is 3.01. The highest BCUT2D eigenvalue weighted by molar-refractivity contribution is 5.56. The molecule has 0 N–H and O–H groups in total. The summed E-state index contributed by atoms with van der Waals surface area (Å²) in [6.45, 7) is 9.98. The molecule has 2 aromatic rings. The molecule has 0 saturated carbocycles. The number of hydrogen-bond acceptors (Lipinski definition) is 2. The van der Waals surface area contributed by atoms with Gasteiger partial charge in [0, 0.05) is 11.3 Å². The van der Waals surface area contributed by atoms with Crippen molar-refractivity contribution in [2.45, 2.75) is 34.6 Å². The largest absolute Gasteiger partial charge is 0.472 e. The molecule has 0 aliphatic rings. The second-order valence-electron chi connectivity index (χ2n) is 2.68. The fraction of sp³-hybridized carbons (Fsp3) is 0.357. The van der Waals surface area contributed by atoms with Crippen LogP contribution in [0.5, 0.6) is 0 Å². The lowest BCUT2D eigenvalue weighted by Gasteiger charge is -1.96. The summed E-state index contributed by atoms with van der Waals surface area (Å²) in [6.07, 6.45) is 3.35. The summed E-state index contributed by atoms with van der Waals surface area (Å²) in [6, 6.07) is 7.84. The van der Waals surface area contributed by atoms with Crippen LogP contribution in [0.3, 0.4) is 0 Å². The summed E-state index contributed by atoms with van der Waals surface area (Å²) in [5.74, 6) is 0. The highest BCUT2D eigenvalue weighted by Crippen LogP contribution is 2.16. The number of hydrogen-bond donors (Lipinski definition) is 0. The van der Waals surface area contributed by atoms with E-state index in [2.05, 4.69) is 4.98 Å². The molecule has 0 spiro atoms. The molecular weight excluding hydrogens is 198 g/mol. The molecule has 0 radical (unpaired) electrons. The second-order valence-corrected chi connectivity index (χ2v) is 2.68. The first-order valence-electron chi connectivity index (χ1n) is 5.82. The van der Waals surface area contributed by atoms with Gasteiger partial charge in [-0.2, -0.15) is 0 Å². The normalized spacial score (nSPS) is 8.31. The average Bonchev–Trinajstić information content (AvgIpc) is 2.88. The van der Waals surface area contributed by atoms with Crippen molar-refractivity contribution in [2.24, 2.45) is 0 Å². The zero-order chi connectivity index (χ0) is 12.4. The molecule has 0 saturated heterocycles. The van der Waals surface area contributed by atoms with Crippen LogP contribution >= 0.6 is 0 Å². The molecule has 0 atom stereocenters. The lowest BCUT2D eigenvalue weighted by atomic mass is 10.2. The van der Waals surface area contributed by atoms with Crippen LogP contribution < -0.4 is 0 Å². The van der Waals surface area contributed by atoms with Crippen LogP contribution in [-0.4, -0.2) is 4.98 Å². The maximum atomic E-state index is 4.97. The van der Waals surface area contributed by atoms with E-state index in [9.17, 15) is 0 Å². The molecular formula is C14H21NO. The molecule has 0 aliphatic heterocycles. The van der Waals surface area contributed by atoms with E-state index < -0.39 is 0 Å². The Kier molecular flexibility index (Phi) is 7.86. The number of pyridine rings is 1. The van der Waals surface area contributed by atoms with Crippen LogP contribution in [0.15, 0.2) is 41.2 Å². The van der Waals surface area contributed by atoms with Gasteiger partial charge in [-0.05, 0) is 25.1 Å². The highest BCUT2D eigenvalue weighted by Gasteiger charge is 1.98. The summed E-state index contributed by atoms with van der Waals surface area (Å²) >= 11 is 0. The third-order valence-electron chi connectivity index (χ3n) is 1.71. The van der Waals surface area contributed by atoms with Gasteiger partial charge in [0.2, 0.25) is 0 Å². The standard InChI is InChI=1S/C10H9NO.2C2H6/c1-8-3-2-4-10(11-8)9-5-6-12-7-9;2*1-2/h2-7H,1H3;2*1-2H3. The van der Waals surface area contributed by atoms with Crippen LogP contribution in [0, 0.1) is 6.92 Å². The minimum Gasteiger partial charge on any atom is -0.472 e. The van der Waals surface area contributed by atoms with Gasteiger partial charge in [0.25, 0.3) is 0 Å². The zero-order valence-corrected chi connectivity index (χ0v) is 10.8. The first-order valence-corrected chi connectivity index (χ1v) is 5.82. The third-order valence-corrected chi connectivity index (χ3v) is 1.71. The number of aryl methyl sites for hydroxylation is 1. The summed E-state index contributed by atoms with van der Waals surface area (Å²) in [7, 11) is 0. The van der Waals surface area contributed by atoms with Crippen molar-refractivity contribution in [3.05, 3.63) is 42.5 Å². The first kappa shape index (κ1) is 14.4. The minimum atomic E-state index is 0.962. The van der Waals surface area contributed by atoms with Crippen LogP contribution in [0.2, 0.25) is 0 Å². The topological polar surface area (TPSA) is 26.0 Å². The van der Waals surface area contributed by atoms with E-state index in [1.165, 1.54) is 0 Å². The van der Waals surface area contributed by atoms with E-state index in [0.717, 1.165) is 17.0 Å². The monoisotopic (exact) mass is 219 g/mol. The summed E-state index contributed by atoms with van der Waals surface area (Å²) < 4.78 is 4.97. The predicted octanol–water partition coefficient (Wildman–Crippen LogP) is 4.70. The van der Waals surface area contributed by atoms with E-state index in [4.69, 9.17) is 4.42 Å². The van der Waals surface area contributed by atoms with Crippen molar-refractivity contribution in [1.82, 2.24) is 4.98 Å². The van der Waals surface area contributed by atoms with E-state index >= 15 is 0 Å². The molecule has 2 heterocycles. The molecule has 2 aromatic heterocycles. The van der Waals surface area contributed by atoms with Crippen LogP contribution in [-0.2, 0) is 0 Å². The Bertz CT molecular complexity index is 366. The maximum Gasteiger partial charge on any atom is 0.0996 e. The van der Waals surface area contributed by atoms with Gasteiger partial charge in [0.05, 0.1) is 18.2 Å². The van der Waals surface area contributed by atoms with E-state index in [1.54, 1.807) is 12.5 Å². The molecule has 0 fully saturated rings. The van der Waals surface area contributed by atoms with Crippen molar-refractivity contribution in [3.63, 3.8) is 0 Å². The fourth-order valence-electron chi connectivity index (χ4n) is 1.11. The van der Waals surface area contributed by atoms with E-state index in [-0.39, 0.29) is 0 Å². The van der Waals surface area contributed by atoms with Gasteiger partial charge >= 0.3 is 0 Å². The molecule has 0 unspecified atom stereocenters. The molecule has 2 nitrogen and oxygen atoms in total. The molecule has 0 aliphatic carbocycles. The molecule has 2 heteroatoms. The molecule has 2 rings (SSSR count). The quantitative estimate of drug-likeness (QED) is 0.694. The smallest absolute Gasteiger partial charge is 0.0996 e. The summed E-state index contributed by atoms with van der Waals surface area (Å²) in [4.78, 5) is 4.36. The van der Waals surface area contributed by atoms with Gasteiger partial charge in [-0.1, -0.05) is 33.8 Å². The number of nitrogens with zero attached hydrogens (tertiary/aromatic N) is 1.